The maximum absolute atomic E-state index is 15.3. The largest absolute Gasteiger partial charge is 0.487 e. The highest BCUT2D eigenvalue weighted by atomic mass is 19.4. The van der Waals surface area contributed by atoms with Gasteiger partial charge in [0.25, 0.3) is 0 Å². The van der Waals surface area contributed by atoms with Crippen LogP contribution in [0.1, 0.15) is 56.2 Å². The van der Waals surface area contributed by atoms with Crippen molar-refractivity contribution in [1.29, 1.82) is 0 Å². The second-order valence-corrected chi connectivity index (χ2v) is 15.5. The predicted octanol–water partition coefficient (Wildman–Crippen LogP) is 13.6. The van der Waals surface area contributed by atoms with Crippen molar-refractivity contribution in [1.82, 2.24) is 4.57 Å². The average molecular weight is 963 g/mol. The predicted molar refractivity (Wildman–Crippen MR) is 216 cm³/mol. The van der Waals surface area contributed by atoms with Crippen molar-refractivity contribution < 1.29 is 85.0 Å². The topological polar surface area (TPSA) is 69.9 Å². The number of hydrogen-bond acceptors (Lipinski definition) is 5. The van der Waals surface area contributed by atoms with Gasteiger partial charge in [-0.05, 0) is 68.0 Å². The van der Waals surface area contributed by atoms with E-state index in [9.17, 15) is 71.1 Å². The van der Waals surface area contributed by atoms with E-state index in [2.05, 4.69) is 9.89 Å². The van der Waals surface area contributed by atoms with Gasteiger partial charge >= 0.3 is 42.3 Å². The van der Waals surface area contributed by atoms with E-state index in [1.807, 2.05) is 0 Å². The normalized spacial score (nSPS) is 13.9. The summed E-state index contributed by atoms with van der Waals surface area (Å²) in [5.41, 5.74) is -9.51. The molecule has 0 aliphatic heterocycles. The lowest BCUT2D eigenvalue weighted by atomic mass is 9.87. The highest BCUT2D eigenvalue weighted by Crippen LogP contribution is 2.60. The average Bonchev–Trinajstić information content (AvgIpc) is 3.51. The molecule has 0 amide bonds. The van der Waals surface area contributed by atoms with Gasteiger partial charge in [0.15, 0.2) is 5.78 Å². The number of ketones is 1. The molecule has 0 spiro atoms. The van der Waals surface area contributed by atoms with Crippen LogP contribution >= 0.6 is 0 Å². The molecule has 6 aromatic rings. The molecule has 356 valence electrons. The van der Waals surface area contributed by atoms with Crippen molar-refractivity contribution in [2.24, 2.45) is 5.16 Å². The molecule has 0 bridgehead atoms. The molecule has 0 unspecified atom stereocenters. The van der Waals surface area contributed by atoms with Crippen molar-refractivity contribution in [2.45, 2.75) is 77.5 Å². The number of alkyl halides is 15. The van der Waals surface area contributed by atoms with Crippen LogP contribution in [0.2, 0.25) is 0 Å². The van der Waals surface area contributed by atoms with Crippen LogP contribution in [-0.2, 0) is 20.9 Å². The fraction of sp³-hybridized carbons (Fsp3) is 0.283. The Balaban J connectivity index is 1.67. The van der Waals surface area contributed by atoms with Crippen molar-refractivity contribution in [2.75, 3.05) is 6.61 Å². The first kappa shape index (κ1) is 49.9. The summed E-state index contributed by atoms with van der Waals surface area (Å²) in [6.07, 6.45) is -30.4. The third-order valence-corrected chi connectivity index (χ3v) is 10.8. The number of hydrogen-bond donors (Lipinski definition) is 0. The molecule has 1 aromatic heterocycles. The Labute approximate surface area is 369 Å². The number of ether oxygens (including phenoxy) is 1. The van der Waals surface area contributed by atoms with E-state index in [-0.39, 0.29) is 49.4 Å². The number of aryl methyl sites for hydroxylation is 4. The second kappa shape index (κ2) is 17.3. The van der Waals surface area contributed by atoms with Gasteiger partial charge in [-0.25, -0.2) is 9.18 Å². The summed E-state index contributed by atoms with van der Waals surface area (Å²) in [6, 6.07) is 21.5. The molecule has 6 nitrogen and oxygen atoms in total. The first-order valence-electron chi connectivity index (χ1n) is 19.5. The Morgan fingerprint density at radius 3 is 1.72 bits per heavy atom. The number of aromatic nitrogens is 1. The van der Waals surface area contributed by atoms with E-state index >= 15 is 4.39 Å². The van der Waals surface area contributed by atoms with E-state index in [1.54, 1.807) is 64.1 Å². The van der Waals surface area contributed by atoms with Gasteiger partial charge in [-0.15, -0.1) is 0 Å². The van der Waals surface area contributed by atoms with E-state index in [0.29, 0.717) is 27.8 Å². The zero-order valence-corrected chi connectivity index (χ0v) is 35.2. The van der Waals surface area contributed by atoms with Gasteiger partial charge in [0.2, 0.25) is 5.76 Å². The molecule has 0 fully saturated rings. The summed E-state index contributed by atoms with van der Waals surface area (Å²) in [5.74, 6) is -13.4. The summed E-state index contributed by atoms with van der Waals surface area (Å²) in [6.45, 7) is 4.87. The molecule has 0 radical (unpaired) electrons. The summed E-state index contributed by atoms with van der Waals surface area (Å²) in [4.78, 5) is 31.5. The Bertz CT molecular complexity index is 2970. The van der Waals surface area contributed by atoms with Gasteiger partial charge in [-0.2, -0.15) is 61.5 Å². The van der Waals surface area contributed by atoms with Gasteiger partial charge < -0.3 is 14.1 Å². The number of nitrogens with zero attached hydrogens (tertiary/aromatic N) is 2. The molecule has 0 aliphatic carbocycles. The number of fused-ring (bicyclic) bond motifs is 5. The molecule has 5 aromatic carbocycles. The minimum atomic E-state index is -7.96. The Morgan fingerprint density at radius 1 is 0.612 bits per heavy atom. The van der Waals surface area contributed by atoms with Crippen molar-refractivity contribution in [3.63, 3.8) is 0 Å². The number of carbonyl (C=O) groups is 2. The number of carbonyl (C=O) groups excluding carboxylic acids is 2. The highest BCUT2D eigenvalue weighted by molar-refractivity contribution is 6.27. The zero-order chi connectivity index (χ0) is 50.0. The first-order valence-corrected chi connectivity index (χ1v) is 19.5. The summed E-state index contributed by atoms with van der Waals surface area (Å²) in [7, 11) is 0. The SMILES string of the molecule is CC(=O)O/N=C(/c1ccc2c(c1)c1cc(C(=O)c3c(C)cc(C)cc3C)c3ccccc3c1n2CCO/C(=C(/C(F)(F)C(F)(F)F)C(F)(C(F)(F)F)C(F)(F)F)C(F)(F)F)c1ccccc1C. The van der Waals surface area contributed by atoms with Crippen molar-refractivity contribution in [3.8, 4) is 0 Å². The molecule has 21 heteroatoms. The van der Waals surface area contributed by atoms with Gasteiger partial charge in [0.05, 0.1) is 12.1 Å². The van der Waals surface area contributed by atoms with Gasteiger partial charge in [0, 0.05) is 50.9 Å². The molecule has 0 aliphatic rings. The smallest absolute Gasteiger partial charge is 0.457 e. The lowest BCUT2D eigenvalue weighted by molar-refractivity contribution is -0.349. The molecule has 0 atom stereocenters. The van der Waals surface area contributed by atoms with E-state index in [0.717, 1.165) is 17.1 Å². The van der Waals surface area contributed by atoms with E-state index in [4.69, 9.17) is 4.84 Å². The van der Waals surface area contributed by atoms with Crippen molar-refractivity contribution in [3.05, 3.63) is 141 Å². The lowest BCUT2D eigenvalue weighted by Gasteiger charge is -2.37. The van der Waals surface area contributed by atoms with Crippen LogP contribution in [0.4, 0.5) is 65.9 Å². The highest BCUT2D eigenvalue weighted by Gasteiger charge is 2.83. The van der Waals surface area contributed by atoms with Crippen LogP contribution in [0.3, 0.4) is 0 Å². The minimum absolute atomic E-state index is 0.0154. The number of halogens is 15. The Kier molecular flexibility index (Phi) is 12.9. The minimum Gasteiger partial charge on any atom is -0.487 e. The second-order valence-electron chi connectivity index (χ2n) is 15.5. The molecule has 0 N–H and O–H groups in total. The van der Waals surface area contributed by atoms with Crippen LogP contribution in [0, 0.1) is 27.7 Å². The maximum atomic E-state index is 15.3. The summed E-state index contributed by atoms with van der Waals surface area (Å²) in [5, 5.41) is 4.58. The zero-order valence-electron chi connectivity index (χ0n) is 35.2. The number of benzene rings is 5. The van der Waals surface area contributed by atoms with Crippen LogP contribution in [-0.4, -0.2) is 64.9 Å². The fourth-order valence-corrected chi connectivity index (χ4v) is 8.05. The van der Waals surface area contributed by atoms with Crippen LogP contribution < -0.4 is 0 Å². The van der Waals surface area contributed by atoms with Crippen LogP contribution in [0.25, 0.3) is 32.6 Å². The molecule has 67 heavy (non-hydrogen) atoms. The summed E-state index contributed by atoms with van der Waals surface area (Å²) < 4.78 is 217. The van der Waals surface area contributed by atoms with Crippen LogP contribution in [0.15, 0.2) is 101 Å². The molecule has 1 heterocycles. The van der Waals surface area contributed by atoms with Crippen LogP contribution in [0.5, 0.6) is 0 Å². The molecule has 0 saturated carbocycles. The number of oxime groups is 1. The monoisotopic (exact) mass is 962 g/mol. The van der Waals surface area contributed by atoms with Gasteiger partial charge in [-0.1, -0.05) is 77.4 Å². The third kappa shape index (κ3) is 8.91. The van der Waals surface area contributed by atoms with Gasteiger partial charge in [-0.3, -0.25) is 4.79 Å². The summed E-state index contributed by atoms with van der Waals surface area (Å²) >= 11 is 0. The first-order chi connectivity index (χ1) is 30.8. The molecular weight excluding hydrogens is 929 g/mol. The number of rotatable bonds is 11. The molecular formula is C46H33F15N2O4. The van der Waals surface area contributed by atoms with Gasteiger partial charge in [0.1, 0.15) is 17.9 Å². The number of allylic oxidation sites excluding steroid dienone is 2. The molecule has 6 rings (SSSR count). The standard InChI is InChI=1S/C46H33F15N2O4/c1-22-18-24(3)35(25(4)19-22)38(65)33-21-32-31-20-27(36(62-67-26(5)64)28-11-7-6-10-23(28)2)14-15-34(31)63(37(32)30-13-9-8-12-29(30)33)16-17-66-40(43(50,51)52)39(42(48,49)46(59,60)61)41(47,44(53,54)55)45(56,57)58/h6-15,18-21H,16-17H2,1-5H3/b40-39+,62-36-. The Hall–Kier alpha value is -6.54. The maximum Gasteiger partial charge on any atom is 0.457 e. The third-order valence-electron chi connectivity index (χ3n) is 10.8. The van der Waals surface area contributed by atoms with Crippen molar-refractivity contribution >= 4 is 50.0 Å². The Morgan fingerprint density at radius 2 is 1.18 bits per heavy atom. The lowest BCUT2D eigenvalue weighted by Crippen LogP contribution is -2.61. The quantitative estimate of drug-likeness (QED) is 0.0324. The molecule has 0 saturated heterocycles. The van der Waals surface area contributed by atoms with E-state index < -0.39 is 72.5 Å². The fourth-order valence-electron chi connectivity index (χ4n) is 8.05. The van der Waals surface area contributed by atoms with E-state index in [1.165, 1.54) is 48.5 Å².